The lowest BCUT2D eigenvalue weighted by Gasteiger charge is -2.28. The van der Waals surface area contributed by atoms with Gasteiger partial charge in [0.25, 0.3) is 5.91 Å². The fourth-order valence-electron chi connectivity index (χ4n) is 3.26. The molecule has 2 aliphatic heterocycles. The lowest BCUT2D eigenvalue weighted by molar-refractivity contribution is 0.0696. The smallest absolute Gasteiger partial charge is 0.254 e. The highest BCUT2D eigenvalue weighted by atomic mass is 16.2. The predicted molar refractivity (Wildman–Crippen MR) is 81.2 cm³/mol. The Labute approximate surface area is 120 Å². The molecule has 2 aliphatic rings. The molecule has 1 unspecified atom stereocenters. The second-order valence-corrected chi connectivity index (χ2v) is 6.01. The molecule has 1 amide bonds. The Morgan fingerprint density at radius 2 is 2.20 bits per heavy atom. The molecule has 20 heavy (non-hydrogen) atoms. The van der Waals surface area contributed by atoms with E-state index in [0.29, 0.717) is 0 Å². The first-order valence-corrected chi connectivity index (χ1v) is 7.51. The molecule has 4 heteroatoms. The van der Waals surface area contributed by atoms with E-state index in [2.05, 4.69) is 30.3 Å². The number of hydrogen-bond acceptors (Lipinski definition) is 3. The van der Waals surface area contributed by atoms with Crippen molar-refractivity contribution in [1.82, 2.24) is 9.80 Å². The lowest BCUT2D eigenvalue weighted by Crippen LogP contribution is -2.42. The van der Waals surface area contributed by atoms with Crippen molar-refractivity contribution >= 4 is 11.6 Å². The predicted octanol–water partition coefficient (Wildman–Crippen LogP) is 1.82. The summed E-state index contributed by atoms with van der Waals surface area (Å²) in [6, 6.07) is 6.37. The molecule has 0 spiro atoms. The largest absolute Gasteiger partial charge is 0.384 e. The third-order valence-corrected chi connectivity index (χ3v) is 4.37. The molecule has 1 aromatic rings. The zero-order chi connectivity index (χ0) is 14.1. The molecule has 3 rings (SSSR count). The van der Waals surface area contributed by atoms with Gasteiger partial charge in [0.1, 0.15) is 0 Å². The second kappa shape index (κ2) is 5.44. The summed E-state index contributed by atoms with van der Waals surface area (Å²) in [5, 5.41) is 3.35. The summed E-state index contributed by atoms with van der Waals surface area (Å²) in [5.74, 6) is 0.171. The van der Waals surface area contributed by atoms with E-state index in [4.69, 9.17) is 0 Å². The maximum absolute atomic E-state index is 12.7. The first-order valence-electron chi connectivity index (χ1n) is 7.51. The number of rotatable bonds is 1. The number of nitrogens with zero attached hydrogens (tertiary/aromatic N) is 2. The van der Waals surface area contributed by atoms with Crippen molar-refractivity contribution in [3.8, 4) is 0 Å². The van der Waals surface area contributed by atoms with E-state index in [-0.39, 0.29) is 11.9 Å². The summed E-state index contributed by atoms with van der Waals surface area (Å²) in [7, 11) is 2.13. The van der Waals surface area contributed by atoms with E-state index >= 15 is 0 Å². The van der Waals surface area contributed by atoms with Crippen molar-refractivity contribution in [3.05, 3.63) is 29.3 Å². The van der Waals surface area contributed by atoms with Crippen LogP contribution in [0, 0.1) is 0 Å². The fourth-order valence-corrected chi connectivity index (χ4v) is 3.26. The van der Waals surface area contributed by atoms with Gasteiger partial charge in [0.05, 0.1) is 0 Å². The van der Waals surface area contributed by atoms with Crippen molar-refractivity contribution in [2.45, 2.75) is 25.8 Å². The highest BCUT2D eigenvalue weighted by Crippen LogP contribution is 2.24. The van der Waals surface area contributed by atoms with Crippen LogP contribution in [0.2, 0.25) is 0 Å². The molecule has 1 aromatic carbocycles. The number of fused-ring (bicyclic) bond motifs is 1. The molecule has 0 aliphatic carbocycles. The van der Waals surface area contributed by atoms with E-state index in [9.17, 15) is 4.79 Å². The minimum Gasteiger partial charge on any atom is -0.384 e. The second-order valence-electron chi connectivity index (χ2n) is 6.01. The average Bonchev–Trinajstić information content (AvgIpc) is 2.83. The molecular formula is C16H23N3O. The molecule has 108 valence electrons. The summed E-state index contributed by atoms with van der Waals surface area (Å²) in [4.78, 5) is 17.1. The van der Waals surface area contributed by atoms with Gasteiger partial charge >= 0.3 is 0 Å². The van der Waals surface area contributed by atoms with Gasteiger partial charge in [-0.1, -0.05) is 6.07 Å². The van der Waals surface area contributed by atoms with E-state index < -0.39 is 0 Å². The molecule has 4 nitrogen and oxygen atoms in total. The van der Waals surface area contributed by atoms with Crippen LogP contribution in [0.25, 0.3) is 0 Å². The molecule has 0 saturated carbocycles. The monoisotopic (exact) mass is 273 g/mol. The van der Waals surface area contributed by atoms with Crippen LogP contribution < -0.4 is 5.32 Å². The number of amides is 1. The number of anilines is 1. The van der Waals surface area contributed by atoms with E-state index in [1.807, 2.05) is 17.0 Å². The minimum atomic E-state index is 0.171. The highest BCUT2D eigenvalue weighted by Gasteiger charge is 2.25. The lowest BCUT2D eigenvalue weighted by atomic mass is 10.1. The number of likely N-dealkylation sites (N-methyl/N-ethyl adjacent to an activating group) is 1. The molecule has 1 atom stereocenters. The van der Waals surface area contributed by atoms with Crippen molar-refractivity contribution in [2.24, 2.45) is 0 Å². The van der Waals surface area contributed by atoms with Gasteiger partial charge in [0.15, 0.2) is 0 Å². The van der Waals surface area contributed by atoms with Crippen LogP contribution in [0.15, 0.2) is 18.2 Å². The van der Waals surface area contributed by atoms with Crippen molar-refractivity contribution in [3.63, 3.8) is 0 Å². The Bertz CT molecular complexity index is 514. The van der Waals surface area contributed by atoms with Gasteiger partial charge in [-0.3, -0.25) is 4.79 Å². The zero-order valence-electron chi connectivity index (χ0n) is 12.4. The Balaban J connectivity index is 1.81. The normalized spacial score (nSPS) is 23.1. The number of hydrogen-bond donors (Lipinski definition) is 1. The van der Waals surface area contributed by atoms with Crippen molar-refractivity contribution in [2.75, 3.05) is 38.5 Å². The van der Waals surface area contributed by atoms with Crippen LogP contribution in [-0.2, 0) is 6.42 Å². The summed E-state index contributed by atoms with van der Waals surface area (Å²) in [6.45, 7) is 6.01. The topological polar surface area (TPSA) is 35.6 Å². The molecule has 0 radical (unpaired) electrons. The van der Waals surface area contributed by atoms with Crippen LogP contribution in [-0.4, -0.2) is 55.0 Å². The first kappa shape index (κ1) is 13.4. The number of carbonyl (C=O) groups excluding carboxylic acids is 1. The van der Waals surface area contributed by atoms with Gasteiger partial charge in [-0.25, -0.2) is 0 Å². The third-order valence-electron chi connectivity index (χ3n) is 4.37. The van der Waals surface area contributed by atoms with E-state index in [0.717, 1.165) is 50.3 Å². The minimum absolute atomic E-state index is 0.171. The summed E-state index contributed by atoms with van der Waals surface area (Å²) in [6.07, 6.45) is 2.12. The Morgan fingerprint density at radius 1 is 1.35 bits per heavy atom. The van der Waals surface area contributed by atoms with Crippen LogP contribution in [0.4, 0.5) is 5.69 Å². The molecule has 1 N–H and O–H groups in total. The molecular weight excluding hydrogens is 250 g/mol. The SMILES string of the molecule is CC1CN(C)CCCN1C(=O)c1ccc2c(c1)NCC2. The number of benzene rings is 1. The van der Waals surface area contributed by atoms with E-state index in [1.165, 1.54) is 5.56 Å². The van der Waals surface area contributed by atoms with Gasteiger partial charge in [0, 0.05) is 36.9 Å². The molecule has 0 aromatic heterocycles. The van der Waals surface area contributed by atoms with E-state index in [1.54, 1.807) is 0 Å². The first-order chi connectivity index (χ1) is 9.65. The Hall–Kier alpha value is -1.55. The van der Waals surface area contributed by atoms with Gasteiger partial charge < -0.3 is 15.1 Å². The van der Waals surface area contributed by atoms with Crippen molar-refractivity contribution in [1.29, 1.82) is 0 Å². The maximum Gasteiger partial charge on any atom is 0.254 e. The zero-order valence-corrected chi connectivity index (χ0v) is 12.4. The molecule has 1 fully saturated rings. The number of nitrogens with one attached hydrogen (secondary N) is 1. The standard InChI is InChI=1S/C16H23N3O/c1-12-11-18(2)8-3-9-19(12)16(20)14-5-4-13-6-7-17-15(13)10-14/h4-5,10,12,17H,3,6-9,11H2,1-2H3. The van der Waals surface area contributed by atoms with Crippen LogP contribution in [0.3, 0.4) is 0 Å². The maximum atomic E-state index is 12.7. The Kier molecular flexibility index (Phi) is 3.66. The number of carbonyl (C=O) groups is 1. The highest BCUT2D eigenvalue weighted by molar-refractivity contribution is 5.95. The summed E-state index contributed by atoms with van der Waals surface area (Å²) in [5.41, 5.74) is 3.27. The van der Waals surface area contributed by atoms with Crippen LogP contribution >= 0.6 is 0 Å². The van der Waals surface area contributed by atoms with Crippen molar-refractivity contribution < 1.29 is 4.79 Å². The third kappa shape index (κ3) is 2.52. The van der Waals surface area contributed by atoms with Gasteiger partial charge in [0.2, 0.25) is 0 Å². The van der Waals surface area contributed by atoms with Crippen LogP contribution in [0.5, 0.6) is 0 Å². The average molecular weight is 273 g/mol. The molecule has 0 bridgehead atoms. The Morgan fingerprint density at radius 3 is 3.05 bits per heavy atom. The van der Waals surface area contributed by atoms with Gasteiger partial charge in [-0.2, -0.15) is 0 Å². The fraction of sp³-hybridized carbons (Fsp3) is 0.562. The summed E-state index contributed by atoms with van der Waals surface area (Å²) < 4.78 is 0. The molecule has 2 heterocycles. The van der Waals surface area contributed by atoms with Gasteiger partial charge in [-0.05, 0) is 51.1 Å². The quantitative estimate of drug-likeness (QED) is 0.848. The molecule has 1 saturated heterocycles. The van der Waals surface area contributed by atoms with Gasteiger partial charge in [-0.15, -0.1) is 0 Å². The summed E-state index contributed by atoms with van der Waals surface area (Å²) >= 11 is 0. The van der Waals surface area contributed by atoms with Crippen LogP contribution in [0.1, 0.15) is 29.3 Å².